The number of amides is 2. The van der Waals surface area contributed by atoms with E-state index in [2.05, 4.69) is 15.4 Å². The highest BCUT2D eigenvalue weighted by Gasteiger charge is 2.60. The van der Waals surface area contributed by atoms with E-state index in [4.69, 9.17) is 4.74 Å². The first-order valence-electron chi connectivity index (χ1n) is 10.1. The number of nitrogens with one attached hydrogen (secondary N) is 1. The normalized spacial score (nSPS) is 18.0. The fourth-order valence-corrected chi connectivity index (χ4v) is 3.87. The minimum atomic E-state index is -4.75. The van der Waals surface area contributed by atoms with Crippen LogP contribution in [-0.2, 0) is 5.41 Å². The van der Waals surface area contributed by atoms with E-state index in [0.29, 0.717) is 11.9 Å². The molecule has 1 N–H and O–H groups in total. The number of hydrogen-bond acceptors (Lipinski definition) is 5. The molecule has 0 radical (unpaired) electrons. The van der Waals surface area contributed by atoms with E-state index in [9.17, 15) is 31.5 Å². The fraction of sp³-hybridized carbons (Fsp3) is 0.400. The lowest BCUT2D eigenvalue weighted by Crippen LogP contribution is -2.46. The third kappa shape index (κ3) is 3.62. The van der Waals surface area contributed by atoms with E-state index in [1.165, 1.54) is 13.0 Å². The van der Waals surface area contributed by atoms with Crippen LogP contribution in [0.2, 0.25) is 0 Å². The molecule has 1 aliphatic heterocycles. The van der Waals surface area contributed by atoms with Crippen molar-refractivity contribution >= 4 is 23.1 Å². The zero-order valence-corrected chi connectivity index (χ0v) is 18.2. The molecule has 2 amide bonds. The second-order valence-electron chi connectivity index (χ2n) is 7.91. The average molecular weight is 486 g/mol. The second kappa shape index (κ2) is 7.95. The van der Waals surface area contributed by atoms with Gasteiger partial charge in [-0.05, 0) is 20.8 Å². The molecule has 1 atom stereocenters. The van der Waals surface area contributed by atoms with Crippen molar-refractivity contribution in [1.82, 2.24) is 19.2 Å². The van der Waals surface area contributed by atoms with Crippen LogP contribution in [0.4, 0.5) is 38.1 Å². The SMILES string of the molecule is CCOc1cc(NC(=O)N2C[C@@](C)(C(F)(F)F)c3c2cnc2cc(C)nn32)cn(C(F)F)c1=O. The molecular formula is C20H19F5N6O3. The molecule has 0 fully saturated rings. The van der Waals surface area contributed by atoms with E-state index in [1.807, 2.05) is 0 Å². The van der Waals surface area contributed by atoms with Gasteiger partial charge in [-0.25, -0.2) is 14.3 Å². The van der Waals surface area contributed by atoms with E-state index in [1.54, 1.807) is 6.92 Å². The molecule has 182 valence electrons. The summed E-state index contributed by atoms with van der Waals surface area (Å²) in [5, 5.41) is 6.38. The number of carbonyl (C=O) groups excluding carboxylic acids is 1. The predicted molar refractivity (Wildman–Crippen MR) is 111 cm³/mol. The Morgan fingerprint density at radius 2 is 2.03 bits per heavy atom. The van der Waals surface area contributed by atoms with Crippen LogP contribution in [0, 0.1) is 6.92 Å². The van der Waals surface area contributed by atoms with E-state index in [0.717, 1.165) is 28.6 Å². The molecule has 0 spiro atoms. The molecule has 4 rings (SSSR count). The number of nitrogens with zero attached hydrogens (tertiary/aromatic N) is 5. The molecule has 0 bridgehead atoms. The first kappa shape index (κ1) is 23.4. The van der Waals surface area contributed by atoms with Crippen molar-refractivity contribution < 1.29 is 31.5 Å². The van der Waals surface area contributed by atoms with E-state index in [-0.39, 0.29) is 33.9 Å². The van der Waals surface area contributed by atoms with Crippen molar-refractivity contribution in [1.29, 1.82) is 0 Å². The van der Waals surface area contributed by atoms with Gasteiger partial charge in [0.25, 0.3) is 5.56 Å². The number of rotatable bonds is 4. The topological polar surface area (TPSA) is 93.8 Å². The van der Waals surface area contributed by atoms with Crippen molar-refractivity contribution in [3.05, 3.63) is 46.3 Å². The highest BCUT2D eigenvalue weighted by atomic mass is 19.4. The first-order chi connectivity index (χ1) is 15.9. The molecule has 0 unspecified atom stereocenters. The maximum absolute atomic E-state index is 14.2. The largest absolute Gasteiger partial charge is 0.488 e. The molecule has 3 aromatic rings. The zero-order valence-electron chi connectivity index (χ0n) is 18.2. The maximum Gasteiger partial charge on any atom is 0.401 e. The van der Waals surface area contributed by atoms with Gasteiger partial charge in [-0.15, -0.1) is 0 Å². The molecule has 9 nitrogen and oxygen atoms in total. The summed E-state index contributed by atoms with van der Waals surface area (Å²) < 4.78 is 75.3. The monoisotopic (exact) mass is 486 g/mol. The summed E-state index contributed by atoms with van der Waals surface area (Å²) in [5.74, 6) is -0.446. The van der Waals surface area contributed by atoms with Crippen LogP contribution in [0.1, 0.15) is 31.8 Å². The number of fused-ring (bicyclic) bond motifs is 3. The number of pyridine rings is 1. The summed E-state index contributed by atoms with van der Waals surface area (Å²) in [6, 6.07) is 1.49. The Hall–Kier alpha value is -3.71. The van der Waals surface area contributed by atoms with E-state index >= 15 is 0 Å². The minimum absolute atomic E-state index is 0.00965. The fourth-order valence-electron chi connectivity index (χ4n) is 3.87. The number of hydrogen-bond donors (Lipinski definition) is 1. The van der Waals surface area contributed by atoms with E-state index < -0.39 is 42.0 Å². The first-order valence-corrected chi connectivity index (χ1v) is 10.1. The highest BCUT2D eigenvalue weighted by Crippen LogP contribution is 2.49. The molecule has 4 heterocycles. The van der Waals surface area contributed by atoms with Gasteiger partial charge in [-0.2, -0.15) is 27.1 Å². The zero-order chi connectivity index (χ0) is 25.0. The molecule has 34 heavy (non-hydrogen) atoms. The number of aromatic nitrogens is 4. The predicted octanol–water partition coefficient (Wildman–Crippen LogP) is 3.87. The van der Waals surface area contributed by atoms with Gasteiger partial charge in [0.1, 0.15) is 5.41 Å². The van der Waals surface area contributed by atoms with Crippen LogP contribution >= 0.6 is 0 Å². The van der Waals surface area contributed by atoms with Gasteiger partial charge >= 0.3 is 18.8 Å². The van der Waals surface area contributed by atoms with Gasteiger partial charge in [0.15, 0.2) is 11.4 Å². The van der Waals surface area contributed by atoms with Crippen molar-refractivity contribution in [2.75, 3.05) is 23.4 Å². The van der Waals surface area contributed by atoms with Crippen LogP contribution in [0.15, 0.2) is 29.3 Å². The maximum atomic E-state index is 14.2. The summed E-state index contributed by atoms with van der Waals surface area (Å²) in [6.07, 6.45) is -2.93. The number of carbonyl (C=O) groups is 1. The molecule has 1 aliphatic rings. The Balaban J connectivity index is 1.78. The van der Waals surface area contributed by atoms with Crippen LogP contribution in [-0.4, -0.2) is 44.5 Å². The van der Waals surface area contributed by atoms with Crippen molar-refractivity contribution in [2.24, 2.45) is 0 Å². The van der Waals surface area contributed by atoms with Crippen LogP contribution in [0.25, 0.3) is 5.65 Å². The minimum Gasteiger partial charge on any atom is -0.488 e. The summed E-state index contributed by atoms with van der Waals surface area (Å²) in [5.41, 5.74) is -3.67. The molecule has 14 heteroatoms. The van der Waals surface area contributed by atoms with Gasteiger partial charge in [-0.3, -0.25) is 14.3 Å². The number of anilines is 2. The standard InChI is InChI=1S/C20H19F5N6O3/c1-4-34-13-6-11(8-29(16(13)32)17(21)22)27-18(33)30-9-19(3,20(23,24)25)15-12(30)7-26-14-5-10(2)28-31(14)15/h5-8,17H,4,9H2,1-3H3,(H,27,33)/t19-/m1/s1. The number of aryl methyl sites for hydroxylation is 1. The quantitative estimate of drug-likeness (QED) is 0.566. The average Bonchev–Trinajstić information content (AvgIpc) is 3.27. The molecule has 0 aromatic carbocycles. The van der Waals surface area contributed by atoms with Crippen molar-refractivity contribution in [2.45, 2.75) is 38.9 Å². The third-order valence-electron chi connectivity index (χ3n) is 5.52. The second-order valence-corrected chi connectivity index (χ2v) is 7.91. The molecular weight excluding hydrogens is 467 g/mol. The van der Waals surface area contributed by atoms with Gasteiger partial charge in [0.2, 0.25) is 0 Å². The van der Waals surface area contributed by atoms with Crippen molar-refractivity contribution in [3.8, 4) is 5.75 Å². The smallest absolute Gasteiger partial charge is 0.401 e. The lowest BCUT2D eigenvalue weighted by Gasteiger charge is -2.28. The number of urea groups is 1. The number of alkyl halides is 5. The summed E-state index contributed by atoms with van der Waals surface area (Å²) in [7, 11) is 0. The molecule has 0 aliphatic carbocycles. The van der Waals surface area contributed by atoms with Gasteiger partial charge in [0.05, 0.1) is 35.6 Å². The van der Waals surface area contributed by atoms with Gasteiger partial charge in [0, 0.05) is 24.9 Å². The summed E-state index contributed by atoms with van der Waals surface area (Å²) in [4.78, 5) is 30.0. The Morgan fingerprint density at radius 1 is 1.32 bits per heavy atom. The van der Waals surface area contributed by atoms with Gasteiger partial charge < -0.3 is 10.1 Å². The molecule has 0 saturated carbocycles. The Labute approximate surface area is 188 Å². The highest BCUT2D eigenvalue weighted by molar-refractivity contribution is 6.03. The van der Waals surface area contributed by atoms with Crippen LogP contribution in [0.3, 0.4) is 0 Å². The number of halogens is 5. The van der Waals surface area contributed by atoms with Crippen LogP contribution in [0.5, 0.6) is 5.75 Å². The lowest BCUT2D eigenvalue weighted by atomic mass is 9.88. The van der Waals surface area contributed by atoms with Crippen molar-refractivity contribution in [3.63, 3.8) is 0 Å². The lowest BCUT2D eigenvalue weighted by molar-refractivity contribution is -0.181. The Morgan fingerprint density at radius 3 is 2.65 bits per heavy atom. The summed E-state index contributed by atoms with van der Waals surface area (Å²) in [6.45, 7) is 0.0274. The Bertz CT molecular complexity index is 1330. The summed E-state index contributed by atoms with van der Waals surface area (Å²) >= 11 is 0. The molecule has 3 aromatic heterocycles. The van der Waals surface area contributed by atoms with Crippen LogP contribution < -0.4 is 20.5 Å². The Kier molecular flexibility index (Phi) is 5.49. The van der Waals surface area contributed by atoms with Gasteiger partial charge in [-0.1, -0.05) is 0 Å². The molecule has 0 saturated heterocycles. The number of ether oxygens (including phenoxy) is 1. The third-order valence-corrected chi connectivity index (χ3v) is 5.52.